The number of benzene rings is 1. The Morgan fingerprint density at radius 3 is 2.38 bits per heavy atom. The van der Waals surface area contributed by atoms with Crippen LogP contribution in [0.2, 0.25) is 0 Å². The summed E-state index contributed by atoms with van der Waals surface area (Å²) >= 11 is 0. The number of carboxylic acids is 1. The molecule has 3 N–H and O–H groups in total. The number of hydrogen-bond acceptors (Lipinski definition) is 5. The molecule has 0 aliphatic rings. The van der Waals surface area contributed by atoms with Gasteiger partial charge in [-0.05, 0) is 17.7 Å². The molecule has 1 heterocycles. The van der Waals surface area contributed by atoms with E-state index in [1.165, 1.54) is 12.1 Å². The first-order valence-corrected chi connectivity index (χ1v) is 5.72. The fourth-order valence-corrected chi connectivity index (χ4v) is 1.74. The second-order valence-corrected chi connectivity index (χ2v) is 4.18. The Morgan fingerprint density at radius 1 is 1.33 bits per heavy atom. The molecular formula is C12H10N4O5. The van der Waals surface area contributed by atoms with E-state index in [1.54, 1.807) is 12.1 Å². The summed E-state index contributed by atoms with van der Waals surface area (Å²) in [4.78, 5) is 31.8. The minimum atomic E-state index is -1.47. The normalized spacial score (nSPS) is 10.3. The van der Waals surface area contributed by atoms with Crippen LogP contribution in [0.4, 0.5) is 5.69 Å². The number of amides is 1. The van der Waals surface area contributed by atoms with Crippen molar-refractivity contribution in [2.75, 3.05) is 0 Å². The fourth-order valence-electron chi connectivity index (χ4n) is 1.74. The van der Waals surface area contributed by atoms with E-state index in [9.17, 15) is 19.7 Å². The fraction of sp³-hybridized carbons (Fsp3) is 0.0833. The summed E-state index contributed by atoms with van der Waals surface area (Å²) in [6, 6.07) is 6.23. The first-order valence-electron chi connectivity index (χ1n) is 5.72. The van der Waals surface area contributed by atoms with Crippen molar-refractivity contribution in [2.45, 2.75) is 6.54 Å². The van der Waals surface area contributed by atoms with Crippen molar-refractivity contribution < 1.29 is 19.6 Å². The Morgan fingerprint density at radius 2 is 1.95 bits per heavy atom. The lowest BCUT2D eigenvalue weighted by Gasteiger charge is -2.02. The van der Waals surface area contributed by atoms with Crippen LogP contribution in [-0.2, 0) is 6.54 Å². The molecule has 0 aliphatic carbocycles. The summed E-state index contributed by atoms with van der Waals surface area (Å²) in [5.74, 6) is -2.03. The minimum Gasteiger partial charge on any atom is -0.476 e. The van der Waals surface area contributed by atoms with E-state index in [1.807, 2.05) is 0 Å². The van der Waals surface area contributed by atoms with Crippen molar-refractivity contribution in [3.8, 4) is 0 Å². The number of aromatic nitrogens is 2. The van der Waals surface area contributed by atoms with Crippen molar-refractivity contribution in [1.29, 1.82) is 0 Å². The van der Waals surface area contributed by atoms with Crippen molar-refractivity contribution in [3.05, 3.63) is 57.4 Å². The van der Waals surface area contributed by atoms with Crippen molar-refractivity contribution >= 4 is 17.6 Å². The van der Waals surface area contributed by atoms with E-state index in [0.717, 1.165) is 10.9 Å². The molecule has 9 nitrogen and oxygen atoms in total. The highest BCUT2D eigenvalue weighted by Gasteiger charge is 2.25. The summed E-state index contributed by atoms with van der Waals surface area (Å²) in [5.41, 5.74) is 4.94. The maximum absolute atomic E-state index is 10.9. The highest BCUT2D eigenvalue weighted by Crippen LogP contribution is 2.17. The lowest BCUT2D eigenvalue weighted by Crippen LogP contribution is -2.11. The molecule has 2 rings (SSSR count). The number of nitrogens with zero attached hydrogens (tertiary/aromatic N) is 3. The van der Waals surface area contributed by atoms with Crippen molar-refractivity contribution in [3.63, 3.8) is 0 Å². The van der Waals surface area contributed by atoms with Crippen molar-refractivity contribution in [1.82, 2.24) is 9.78 Å². The third kappa shape index (κ3) is 3.03. The van der Waals surface area contributed by atoms with E-state index in [0.29, 0.717) is 11.1 Å². The van der Waals surface area contributed by atoms with Crippen LogP contribution < -0.4 is 5.73 Å². The molecule has 0 atom stereocenters. The Labute approximate surface area is 117 Å². The maximum atomic E-state index is 10.9. The minimum absolute atomic E-state index is 0.132. The van der Waals surface area contributed by atoms with Gasteiger partial charge in [-0.25, -0.2) is 4.79 Å². The van der Waals surface area contributed by atoms with Gasteiger partial charge in [0.05, 0.1) is 11.5 Å². The molecule has 21 heavy (non-hydrogen) atoms. The zero-order chi connectivity index (χ0) is 15.6. The second-order valence-electron chi connectivity index (χ2n) is 4.18. The van der Waals surface area contributed by atoms with Crippen LogP contribution in [-0.4, -0.2) is 31.7 Å². The lowest BCUT2D eigenvalue weighted by atomic mass is 10.1. The van der Waals surface area contributed by atoms with Crippen molar-refractivity contribution in [2.24, 2.45) is 5.73 Å². The van der Waals surface area contributed by atoms with Crippen LogP contribution in [0.25, 0.3) is 0 Å². The highest BCUT2D eigenvalue weighted by molar-refractivity contribution is 5.92. The number of nitro groups is 1. The van der Waals surface area contributed by atoms with Crippen LogP contribution in [0, 0.1) is 10.1 Å². The molecule has 2 aromatic rings. The average Bonchev–Trinajstić information content (AvgIpc) is 2.83. The summed E-state index contributed by atoms with van der Waals surface area (Å²) < 4.78 is 1.15. The standard InChI is InChI=1S/C12H10N4O5/c13-11(17)8-3-1-7(2-4-8)5-15-6-9(16(20)21)10(14-15)12(18)19/h1-4,6H,5H2,(H2,13,17)(H,18,19). The smallest absolute Gasteiger partial charge is 0.363 e. The SMILES string of the molecule is NC(=O)c1ccc(Cn2cc([N+](=O)[O-])c(C(=O)O)n2)cc1. The van der Waals surface area contributed by atoms with Gasteiger partial charge in [0.1, 0.15) is 6.20 Å². The summed E-state index contributed by atoms with van der Waals surface area (Å²) in [5, 5.41) is 23.3. The monoisotopic (exact) mass is 290 g/mol. The van der Waals surface area contributed by atoms with Gasteiger partial charge in [-0.2, -0.15) is 5.10 Å². The largest absolute Gasteiger partial charge is 0.476 e. The third-order valence-electron chi connectivity index (χ3n) is 2.72. The van der Waals surface area contributed by atoms with Gasteiger partial charge in [0.25, 0.3) is 0 Å². The molecule has 0 bridgehead atoms. The second kappa shape index (κ2) is 5.41. The van der Waals surface area contributed by atoms with Gasteiger partial charge in [0, 0.05) is 5.56 Å². The zero-order valence-corrected chi connectivity index (χ0v) is 10.6. The van der Waals surface area contributed by atoms with Gasteiger partial charge >= 0.3 is 11.7 Å². The van der Waals surface area contributed by atoms with Gasteiger partial charge in [-0.3, -0.25) is 19.6 Å². The Balaban J connectivity index is 2.27. The number of hydrogen-bond donors (Lipinski definition) is 2. The molecule has 0 saturated heterocycles. The molecule has 108 valence electrons. The van der Waals surface area contributed by atoms with Gasteiger partial charge in [0.15, 0.2) is 0 Å². The van der Waals surface area contributed by atoms with Gasteiger partial charge in [0.2, 0.25) is 11.6 Å². The number of carboxylic acid groups (broad SMARTS) is 1. The summed E-state index contributed by atoms with van der Waals surface area (Å²) in [6.07, 6.45) is 1.05. The topological polar surface area (TPSA) is 141 Å². The Hall–Kier alpha value is -3.23. The zero-order valence-electron chi connectivity index (χ0n) is 10.6. The predicted molar refractivity (Wildman–Crippen MR) is 69.9 cm³/mol. The Kier molecular flexibility index (Phi) is 3.65. The number of carbonyl (C=O) groups is 2. The van der Waals surface area contributed by atoms with E-state index >= 15 is 0 Å². The molecule has 0 spiro atoms. The number of nitrogens with two attached hydrogens (primary N) is 1. The van der Waals surface area contributed by atoms with E-state index in [-0.39, 0.29) is 6.54 Å². The van der Waals surface area contributed by atoms with Gasteiger partial charge in [-0.15, -0.1) is 0 Å². The molecule has 0 radical (unpaired) electrons. The van der Waals surface area contributed by atoms with Crippen LogP contribution in [0.5, 0.6) is 0 Å². The van der Waals surface area contributed by atoms with Gasteiger partial charge < -0.3 is 10.8 Å². The quantitative estimate of drug-likeness (QED) is 0.611. The lowest BCUT2D eigenvalue weighted by molar-refractivity contribution is -0.385. The molecular weight excluding hydrogens is 280 g/mol. The van der Waals surface area contributed by atoms with Crippen LogP contribution in [0.3, 0.4) is 0 Å². The number of rotatable bonds is 5. The van der Waals surface area contributed by atoms with Gasteiger partial charge in [-0.1, -0.05) is 12.1 Å². The molecule has 1 amide bonds. The first-order chi connectivity index (χ1) is 9.88. The van der Waals surface area contributed by atoms with E-state index in [4.69, 9.17) is 10.8 Å². The molecule has 0 saturated carbocycles. The molecule has 1 aromatic carbocycles. The highest BCUT2D eigenvalue weighted by atomic mass is 16.6. The average molecular weight is 290 g/mol. The van der Waals surface area contributed by atoms with Crippen LogP contribution in [0.1, 0.15) is 26.4 Å². The summed E-state index contributed by atoms with van der Waals surface area (Å²) in [7, 11) is 0. The molecule has 0 fully saturated rings. The number of carbonyl (C=O) groups excluding carboxylic acids is 1. The van der Waals surface area contributed by atoms with Crippen LogP contribution >= 0.6 is 0 Å². The van der Waals surface area contributed by atoms with Crippen LogP contribution in [0.15, 0.2) is 30.5 Å². The summed E-state index contributed by atoms with van der Waals surface area (Å²) in [6.45, 7) is 0.132. The van der Waals surface area contributed by atoms with E-state index in [2.05, 4.69) is 5.10 Å². The molecule has 0 aliphatic heterocycles. The molecule has 9 heteroatoms. The third-order valence-corrected chi connectivity index (χ3v) is 2.72. The number of aromatic carboxylic acids is 1. The number of primary amides is 1. The first kappa shape index (κ1) is 14.2. The Bertz CT molecular complexity index is 688. The molecule has 1 aromatic heterocycles. The predicted octanol–water partition coefficient (Wildman–Crippen LogP) is 0.637. The van der Waals surface area contributed by atoms with E-state index < -0.39 is 28.2 Å². The molecule has 0 unspecified atom stereocenters. The maximum Gasteiger partial charge on any atom is 0.363 e.